The van der Waals surface area contributed by atoms with Gasteiger partial charge in [-0.05, 0) is 51.6 Å². The summed E-state index contributed by atoms with van der Waals surface area (Å²) in [6, 6.07) is 0.0410. The van der Waals surface area contributed by atoms with Crippen molar-refractivity contribution in [2.45, 2.75) is 69.9 Å². The Balaban J connectivity index is 1.35. The van der Waals surface area contributed by atoms with Gasteiger partial charge in [0, 0.05) is 37.7 Å². The fourth-order valence-electron chi connectivity index (χ4n) is 5.81. The number of rotatable bonds is 3. The van der Waals surface area contributed by atoms with Gasteiger partial charge in [-0.2, -0.15) is 0 Å². The Bertz CT molecular complexity index is 778. The second-order valence-corrected chi connectivity index (χ2v) is 9.24. The van der Waals surface area contributed by atoms with E-state index < -0.39 is 0 Å². The Morgan fingerprint density at radius 2 is 1.90 bits per heavy atom. The quantitative estimate of drug-likeness (QED) is 0.843. The van der Waals surface area contributed by atoms with Gasteiger partial charge in [0.05, 0.1) is 23.6 Å². The van der Waals surface area contributed by atoms with Gasteiger partial charge < -0.3 is 14.8 Å². The van der Waals surface area contributed by atoms with Crippen LogP contribution in [0.3, 0.4) is 0 Å². The number of H-pyrrole nitrogens is 1. The number of aromatic nitrogens is 2. The minimum atomic E-state index is -0.332. The van der Waals surface area contributed by atoms with Gasteiger partial charge in [0.1, 0.15) is 0 Å². The van der Waals surface area contributed by atoms with Gasteiger partial charge in [0.15, 0.2) is 0 Å². The topological polar surface area (TPSA) is 72.5 Å². The van der Waals surface area contributed by atoms with Crippen LogP contribution in [0.2, 0.25) is 0 Å². The first-order chi connectivity index (χ1) is 14.1. The maximum Gasteiger partial charge on any atom is 0.239 e. The minimum absolute atomic E-state index is 0.0410. The number of likely N-dealkylation sites (N-methyl/N-ethyl adjacent to an activating group) is 1. The molecule has 2 amide bonds. The second-order valence-electron chi connectivity index (χ2n) is 9.24. The number of piperidine rings is 2. The van der Waals surface area contributed by atoms with Crippen molar-refractivity contribution in [1.29, 1.82) is 0 Å². The second kappa shape index (κ2) is 7.42. The third kappa shape index (κ3) is 3.18. The van der Waals surface area contributed by atoms with Gasteiger partial charge in [0.25, 0.3) is 0 Å². The molecule has 1 aromatic rings. The van der Waals surface area contributed by atoms with E-state index in [1.165, 1.54) is 12.1 Å². The van der Waals surface area contributed by atoms with Crippen LogP contribution < -0.4 is 0 Å². The van der Waals surface area contributed by atoms with Crippen molar-refractivity contribution >= 4 is 11.8 Å². The number of nitrogens with zero attached hydrogens (tertiary/aromatic N) is 4. The minimum Gasteiger partial charge on any atom is -0.348 e. The third-order valence-corrected chi connectivity index (χ3v) is 7.66. The standard InChI is InChI=1S/C22H33N5O2/c1-2-25-11-4-3-5-18(25)21(29)26-13-9-22(10-14-26)19-17(23-15-24-19)8-12-27(22)20(28)16-6-7-16/h15-16,18H,2-14H2,1H3,(H,23,24)/t18-/m1/s1. The Hall–Kier alpha value is -1.89. The number of amides is 2. The molecular weight excluding hydrogens is 366 g/mol. The van der Waals surface area contributed by atoms with Crippen molar-refractivity contribution in [3.05, 3.63) is 17.7 Å². The van der Waals surface area contributed by atoms with Gasteiger partial charge in [0.2, 0.25) is 11.8 Å². The normalized spacial score (nSPS) is 27.1. The van der Waals surface area contributed by atoms with Gasteiger partial charge >= 0.3 is 0 Å². The van der Waals surface area contributed by atoms with Crippen LogP contribution in [0.15, 0.2) is 6.33 Å². The highest BCUT2D eigenvalue weighted by molar-refractivity contribution is 5.83. The fraction of sp³-hybridized carbons (Fsp3) is 0.773. The first-order valence-corrected chi connectivity index (χ1v) is 11.5. The first-order valence-electron chi connectivity index (χ1n) is 11.5. The Morgan fingerprint density at radius 1 is 1.10 bits per heavy atom. The number of hydrogen-bond donors (Lipinski definition) is 1. The molecule has 4 heterocycles. The lowest BCUT2D eigenvalue weighted by atomic mass is 9.78. The van der Waals surface area contributed by atoms with E-state index in [0.29, 0.717) is 24.9 Å². The smallest absolute Gasteiger partial charge is 0.239 e. The van der Waals surface area contributed by atoms with Crippen LogP contribution in [-0.4, -0.2) is 75.2 Å². The fourth-order valence-corrected chi connectivity index (χ4v) is 5.81. The van der Waals surface area contributed by atoms with Gasteiger partial charge in [-0.1, -0.05) is 13.3 Å². The molecule has 1 saturated carbocycles. The molecule has 3 fully saturated rings. The molecular formula is C22H33N5O2. The summed E-state index contributed by atoms with van der Waals surface area (Å²) < 4.78 is 0. The molecule has 7 nitrogen and oxygen atoms in total. The van der Waals surface area contributed by atoms with E-state index in [4.69, 9.17) is 0 Å². The van der Waals surface area contributed by atoms with Crippen LogP contribution in [0.4, 0.5) is 0 Å². The molecule has 29 heavy (non-hydrogen) atoms. The summed E-state index contributed by atoms with van der Waals surface area (Å²) in [6.45, 7) is 6.32. The van der Waals surface area contributed by atoms with Crippen molar-refractivity contribution in [3.63, 3.8) is 0 Å². The van der Waals surface area contributed by atoms with Crippen molar-refractivity contribution in [3.8, 4) is 0 Å². The molecule has 1 N–H and O–H groups in total. The van der Waals surface area contributed by atoms with E-state index in [1.807, 2.05) is 0 Å². The summed E-state index contributed by atoms with van der Waals surface area (Å²) in [5.74, 6) is 0.815. The summed E-state index contributed by atoms with van der Waals surface area (Å²) in [7, 11) is 0. The van der Waals surface area contributed by atoms with E-state index in [2.05, 4.69) is 31.6 Å². The first kappa shape index (κ1) is 19.1. The number of imidazole rings is 1. The zero-order chi connectivity index (χ0) is 20.0. The molecule has 1 spiro atoms. The van der Waals surface area contributed by atoms with E-state index in [1.54, 1.807) is 6.33 Å². The lowest BCUT2D eigenvalue weighted by Crippen LogP contribution is -2.61. The largest absolute Gasteiger partial charge is 0.348 e. The molecule has 0 aromatic carbocycles. The van der Waals surface area contributed by atoms with Crippen molar-refractivity contribution in [2.24, 2.45) is 5.92 Å². The average molecular weight is 400 g/mol. The predicted octanol–water partition coefficient (Wildman–Crippen LogP) is 1.90. The Kier molecular flexibility index (Phi) is 4.88. The molecule has 4 aliphatic rings. The highest BCUT2D eigenvalue weighted by Gasteiger charge is 2.51. The number of nitrogens with one attached hydrogen (secondary N) is 1. The summed E-state index contributed by atoms with van der Waals surface area (Å²) in [4.78, 5) is 40.9. The monoisotopic (exact) mass is 399 g/mol. The number of hydrogen-bond acceptors (Lipinski definition) is 4. The van der Waals surface area contributed by atoms with Crippen LogP contribution >= 0.6 is 0 Å². The Labute approximate surface area is 172 Å². The molecule has 2 saturated heterocycles. The number of carbonyl (C=O) groups excluding carboxylic acids is 2. The van der Waals surface area contributed by atoms with Crippen LogP contribution in [-0.2, 0) is 21.5 Å². The SMILES string of the molecule is CCN1CCCC[C@@H]1C(=O)N1CCC2(CC1)c1nc[nH]c1CCN2C(=O)C1CC1. The zero-order valence-corrected chi connectivity index (χ0v) is 17.5. The summed E-state index contributed by atoms with van der Waals surface area (Å²) in [5.41, 5.74) is 1.90. The molecule has 1 atom stereocenters. The molecule has 0 bridgehead atoms. The highest BCUT2D eigenvalue weighted by atomic mass is 16.2. The van der Waals surface area contributed by atoms with Crippen LogP contribution in [0.25, 0.3) is 0 Å². The highest BCUT2D eigenvalue weighted by Crippen LogP contribution is 2.45. The number of likely N-dealkylation sites (tertiary alicyclic amines) is 2. The maximum absolute atomic E-state index is 13.3. The lowest BCUT2D eigenvalue weighted by Gasteiger charge is -2.51. The number of fused-ring (bicyclic) bond motifs is 2. The molecule has 0 radical (unpaired) electrons. The van der Waals surface area contributed by atoms with Crippen LogP contribution in [0.5, 0.6) is 0 Å². The molecule has 0 unspecified atom stereocenters. The van der Waals surface area contributed by atoms with Crippen LogP contribution in [0, 0.1) is 5.92 Å². The molecule has 5 rings (SSSR count). The van der Waals surface area contributed by atoms with Crippen molar-refractivity contribution < 1.29 is 9.59 Å². The summed E-state index contributed by atoms with van der Waals surface area (Å²) in [6.07, 6.45) is 9.59. The summed E-state index contributed by atoms with van der Waals surface area (Å²) in [5, 5.41) is 0. The maximum atomic E-state index is 13.3. The van der Waals surface area contributed by atoms with Crippen molar-refractivity contribution in [1.82, 2.24) is 24.7 Å². The summed E-state index contributed by atoms with van der Waals surface area (Å²) >= 11 is 0. The molecule has 1 aliphatic carbocycles. The molecule has 158 valence electrons. The molecule has 7 heteroatoms. The zero-order valence-electron chi connectivity index (χ0n) is 17.5. The van der Waals surface area contributed by atoms with Gasteiger partial charge in [-0.3, -0.25) is 14.5 Å². The number of carbonyl (C=O) groups is 2. The average Bonchev–Trinajstić information content (AvgIpc) is 3.50. The van der Waals surface area contributed by atoms with Crippen molar-refractivity contribution in [2.75, 3.05) is 32.7 Å². The van der Waals surface area contributed by atoms with Gasteiger partial charge in [-0.15, -0.1) is 0 Å². The third-order valence-electron chi connectivity index (χ3n) is 7.66. The van der Waals surface area contributed by atoms with E-state index in [0.717, 1.165) is 70.3 Å². The lowest BCUT2D eigenvalue weighted by molar-refractivity contribution is -0.147. The molecule has 3 aliphatic heterocycles. The number of aromatic amines is 1. The predicted molar refractivity (Wildman–Crippen MR) is 109 cm³/mol. The van der Waals surface area contributed by atoms with Crippen LogP contribution in [0.1, 0.15) is 63.3 Å². The van der Waals surface area contributed by atoms with E-state index >= 15 is 0 Å². The molecule has 1 aromatic heterocycles. The Morgan fingerprint density at radius 3 is 2.62 bits per heavy atom. The van der Waals surface area contributed by atoms with E-state index in [9.17, 15) is 9.59 Å². The van der Waals surface area contributed by atoms with Gasteiger partial charge in [-0.25, -0.2) is 4.98 Å². The van der Waals surface area contributed by atoms with E-state index in [-0.39, 0.29) is 17.5 Å².